The Labute approximate surface area is 115 Å². The summed E-state index contributed by atoms with van der Waals surface area (Å²) in [6.07, 6.45) is 9.09. The van der Waals surface area contributed by atoms with Crippen LogP contribution in [0.2, 0.25) is 0 Å². The molecule has 0 amide bonds. The van der Waals surface area contributed by atoms with Gasteiger partial charge in [0.1, 0.15) is 0 Å². The zero-order chi connectivity index (χ0) is 13.5. The summed E-state index contributed by atoms with van der Waals surface area (Å²) in [7, 11) is 2.02. The Morgan fingerprint density at radius 3 is 2.68 bits per heavy atom. The number of para-hydroxylation sites is 1. The van der Waals surface area contributed by atoms with Crippen LogP contribution in [0.1, 0.15) is 44.2 Å². The summed E-state index contributed by atoms with van der Waals surface area (Å²) in [5, 5.41) is 7.85. The number of unbranched alkanes of at least 4 members (excludes halogenated alkanes) is 2. The summed E-state index contributed by atoms with van der Waals surface area (Å²) in [6.45, 7) is 2.24. The molecule has 0 saturated carbocycles. The van der Waals surface area contributed by atoms with E-state index in [-0.39, 0.29) is 0 Å². The highest BCUT2D eigenvalue weighted by Gasteiger charge is 2.11. The largest absolute Gasteiger partial charge is 0.313 e. The van der Waals surface area contributed by atoms with Gasteiger partial charge in [-0.2, -0.15) is 5.10 Å². The lowest BCUT2D eigenvalue weighted by molar-refractivity contribution is 0.512. The van der Waals surface area contributed by atoms with Crippen molar-refractivity contribution in [3.63, 3.8) is 0 Å². The van der Waals surface area contributed by atoms with Crippen molar-refractivity contribution in [3.8, 4) is 5.69 Å². The fraction of sp³-hybridized carbons (Fsp3) is 0.438. The molecule has 19 heavy (non-hydrogen) atoms. The van der Waals surface area contributed by atoms with Gasteiger partial charge in [-0.15, -0.1) is 0 Å². The molecule has 0 bridgehead atoms. The van der Waals surface area contributed by atoms with Gasteiger partial charge in [0, 0.05) is 17.8 Å². The number of rotatable bonds is 7. The number of hydrogen-bond acceptors (Lipinski definition) is 2. The highest BCUT2D eigenvalue weighted by atomic mass is 15.3. The van der Waals surface area contributed by atoms with E-state index in [1.807, 2.05) is 36.1 Å². The van der Waals surface area contributed by atoms with E-state index in [9.17, 15) is 0 Å². The lowest BCUT2D eigenvalue weighted by Gasteiger charge is -2.13. The normalized spacial score (nSPS) is 12.5. The number of hydrogen-bond donors (Lipinski definition) is 1. The van der Waals surface area contributed by atoms with Gasteiger partial charge in [-0.3, -0.25) is 0 Å². The lowest BCUT2D eigenvalue weighted by atomic mass is 10.0. The molecule has 1 aromatic heterocycles. The second-order valence-corrected chi connectivity index (χ2v) is 4.89. The Balaban J connectivity index is 2.06. The maximum atomic E-state index is 4.46. The third-order valence-electron chi connectivity index (χ3n) is 3.47. The Kier molecular flexibility index (Phi) is 5.16. The van der Waals surface area contributed by atoms with Crippen LogP contribution in [0.15, 0.2) is 42.7 Å². The van der Waals surface area contributed by atoms with Crippen LogP contribution in [0.3, 0.4) is 0 Å². The minimum Gasteiger partial charge on any atom is -0.313 e. The highest BCUT2D eigenvalue weighted by molar-refractivity contribution is 5.31. The molecule has 0 saturated heterocycles. The summed E-state index contributed by atoms with van der Waals surface area (Å²) >= 11 is 0. The molecular formula is C16H23N3. The summed E-state index contributed by atoms with van der Waals surface area (Å²) in [6, 6.07) is 10.6. The standard InChI is InChI=1S/C16H23N3/c1-3-4-6-11-16(17-2)14-12-18-19(13-14)15-9-7-5-8-10-15/h5,7-10,12-13,16-17H,3-4,6,11H2,1-2H3. The van der Waals surface area contributed by atoms with Crippen molar-refractivity contribution in [1.29, 1.82) is 0 Å². The van der Waals surface area contributed by atoms with Crippen LogP contribution in [-0.2, 0) is 0 Å². The van der Waals surface area contributed by atoms with E-state index in [1.165, 1.54) is 31.2 Å². The fourth-order valence-electron chi connectivity index (χ4n) is 2.31. The zero-order valence-electron chi connectivity index (χ0n) is 11.8. The van der Waals surface area contributed by atoms with Crippen molar-refractivity contribution < 1.29 is 0 Å². The second-order valence-electron chi connectivity index (χ2n) is 4.89. The van der Waals surface area contributed by atoms with E-state index < -0.39 is 0 Å². The maximum absolute atomic E-state index is 4.46. The first-order valence-corrected chi connectivity index (χ1v) is 7.12. The lowest BCUT2D eigenvalue weighted by Crippen LogP contribution is -2.15. The molecule has 1 atom stereocenters. The van der Waals surface area contributed by atoms with Crippen molar-refractivity contribution in [2.75, 3.05) is 7.05 Å². The Hall–Kier alpha value is -1.61. The molecule has 0 aliphatic heterocycles. The van der Waals surface area contributed by atoms with Crippen molar-refractivity contribution >= 4 is 0 Å². The zero-order valence-corrected chi connectivity index (χ0v) is 11.8. The third kappa shape index (κ3) is 3.67. The average molecular weight is 257 g/mol. The van der Waals surface area contributed by atoms with Crippen molar-refractivity contribution in [3.05, 3.63) is 48.3 Å². The minimum absolute atomic E-state index is 0.406. The monoisotopic (exact) mass is 257 g/mol. The van der Waals surface area contributed by atoms with Gasteiger partial charge >= 0.3 is 0 Å². The number of nitrogens with one attached hydrogen (secondary N) is 1. The van der Waals surface area contributed by atoms with E-state index in [0.29, 0.717) is 6.04 Å². The Morgan fingerprint density at radius 1 is 1.21 bits per heavy atom. The molecule has 1 N–H and O–H groups in total. The smallest absolute Gasteiger partial charge is 0.0645 e. The molecule has 1 aromatic carbocycles. The predicted molar refractivity (Wildman–Crippen MR) is 79.5 cm³/mol. The number of benzene rings is 1. The molecule has 3 nitrogen and oxygen atoms in total. The fourth-order valence-corrected chi connectivity index (χ4v) is 2.31. The quantitative estimate of drug-likeness (QED) is 0.766. The van der Waals surface area contributed by atoms with Gasteiger partial charge in [-0.25, -0.2) is 4.68 Å². The molecule has 0 spiro atoms. The van der Waals surface area contributed by atoms with Crippen molar-refractivity contribution in [1.82, 2.24) is 15.1 Å². The highest BCUT2D eigenvalue weighted by Crippen LogP contribution is 2.20. The SMILES string of the molecule is CCCCCC(NC)c1cnn(-c2ccccc2)c1. The van der Waals surface area contributed by atoms with Gasteiger partial charge in [-0.1, -0.05) is 44.4 Å². The maximum Gasteiger partial charge on any atom is 0.0645 e. The van der Waals surface area contributed by atoms with E-state index in [4.69, 9.17) is 0 Å². The molecule has 102 valence electrons. The molecule has 2 rings (SSSR count). The van der Waals surface area contributed by atoms with Crippen LogP contribution >= 0.6 is 0 Å². The second kappa shape index (κ2) is 7.10. The van der Waals surface area contributed by atoms with E-state index in [2.05, 4.69) is 35.7 Å². The molecular weight excluding hydrogens is 234 g/mol. The first-order valence-electron chi connectivity index (χ1n) is 7.12. The number of nitrogens with zero attached hydrogens (tertiary/aromatic N) is 2. The topological polar surface area (TPSA) is 29.9 Å². The van der Waals surface area contributed by atoms with E-state index >= 15 is 0 Å². The van der Waals surface area contributed by atoms with Crippen molar-refractivity contribution in [2.24, 2.45) is 0 Å². The molecule has 1 heterocycles. The minimum atomic E-state index is 0.406. The van der Waals surface area contributed by atoms with E-state index in [1.54, 1.807) is 0 Å². The molecule has 2 aromatic rings. The van der Waals surface area contributed by atoms with Crippen LogP contribution in [0.5, 0.6) is 0 Å². The molecule has 3 heteroatoms. The van der Waals surface area contributed by atoms with Gasteiger partial charge in [0.05, 0.1) is 11.9 Å². The van der Waals surface area contributed by atoms with Crippen molar-refractivity contribution in [2.45, 2.75) is 38.6 Å². The molecule has 0 radical (unpaired) electrons. The first-order chi connectivity index (χ1) is 9.35. The van der Waals surface area contributed by atoms with Crippen LogP contribution in [0.4, 0.5) is 0 Å². The van der Waals surface area contributed by atoms with Crippen LogP contribution < -0.4 is 5.32 Å². The van der Waals surface area contributed by atoms with Crippen LogP contribution in [0.25, 0.3) is 5.69 Å². The summed E-state index contributed by atoms with van der Waals surface area (Å²) in [5.74, 6) is 0. The van der Waals surface area contributed by atoms with Crippen LogP contribution in [0, 0.1) is 0 Å². The molecule has 0 aliphatic carbocycles. The van der Waals surface area contributed by atoms with E-state index in [0.717, 1.165) is 5.69 Å². The third-order valence-corrected chi connectivity index (χ3v) is 3.47. The van der Waals surface area contributed by atoms with Gasteiger partial charge < -0.3 is 5.32 Å². The predicted octanol–water partition coefficient (Wildman–Crippen LogP) is 3.71. The first kappa shape index (κ1) is 13.8. The van der Waals surface area contributed by atoms with Gasteiger partial charge in [0.25, 0.3) is 0 Å². The Morgan fingerprint density at radius 2 is 2.00 bits per heavy atom. The summed E-state index contributed by atoms with van der Waals surface area (Å²) in [4.78, 5) is 0. The summed E-state index contributed by atoms with van der Waals surface area (Å²) in [5.41, 5.74) is 2.37. The van der Waals surface area contributed by atoms with Crippen LogP contribution in [-0.4, -0.2) is 16.8 Å². The van der Waals surface area contributed by atoms with Gasteiger partial charge in [0.2, 0.25) is 0 Å². The average Bonchev–Trinajstić information content (AvgIpc) is 2.94. The molecule has 0 fully saturated rings. The van der Waals surface area contributed by atoms with Gasteiger partial charge in [-0.05, 0) is 25.6 Å². The molecule has 0 aliphatic rings. The Bertz CT molecular complexity index is 476. The summed E-state index contributed by atoms with van der Waals surface area (Å²) < 4.78 is 1.94. The number of aromatic nitrogens is 2. The van der Waals surface area contributed by atoms with Gasteiger partial charge in [0.15, 0.2) is 0 Å². The molecule has 1 unspecified atom stereocenters.